The quantitative estimate of drug-likeness (QED) is 0.626. The van der Waals surface area contributed by atoms with Gasteiger partial charge in [0.15, 0.2) is 0 Å². The number of phenolic OH excluding ortho intramolecular Hbond substituents is 1. The Hall–Kier alpha value is -1.59. The van der Waals surface area contributed by atoms with Crippen molar-refractivity contribution in [3.8, 4) is 5.75 Å². The molecule has 4 N–H and O–H groups in total. The zero-order valence-electron chi connectivity index (χ0n) is 12.8. The lowest BCUT2D eigenvalue weighted by Crippen LogP contribution is -2.39. The molecule has 0 saturated heterocycles. The van der Waals surface area contributed by atoms with Crippen molar-refractivity contribution in [2.24, 2.45) is 0 Å². The first kappa shape index (κ1) is 15.8. The molecule has 2 rings (SSSR count). The predicted molar refractivity (Wildman–Crippen MR) is 82.4 cm³/mol. The third-order valence-corrected chi connectivity index (χ3v) is 3.88. The highest BCUT2D eigenvalue weighted by Gasteiger charge is 2.27. The molecule has 0 bridgehead atoms. The van der Waals surface area contributed by atoms with Gasteiger partial charge < -0.3 is 20.8 Å². The van der Waals surface area contributed by atoms with Gasteiger partial charge in [-0.3, -0.25) is 4.79 Å². The molecule has 116 valence electrons. The van der Waals surface area contributed by atoms with Gasteiger partial charge in [-0.1, -0.05) is 26.8 Å². The van der Waals surface area contributed by atoms with Crippen LogP contribution in [0.15, 0.2) is 12.1 Å². The zero-order chi connectivity index (χ0) is 15.6. The van der Waals surface area contributed by atoms with Crippen molar-refractivity contribution in [2.45, 2.75) is 58.2 Å². The van der Waals surface area contributed by atoms with E-state index in [9.17, 15) is 15.0 Å². The van der Waals surface area contributed by atoms with Crippen LogP contribution in [-0.2, 0) is 11.2 Å². The molecule has 0 fully saturated rings. The van der Waals surface area contributed by atoms with Gasteiger partial charge in [0.2, 0.25) is 5.91 Å². The molecule has 1 aliphatic rings. The van der Waals surface area contributed by atoms with E-state index in [-0.39, 0.29) is 23.7 Å². The second-order valence-corrected chi connectivity index (χ2v) is 5.86. The van der Waals surface area contributed by atoms with E-state index in [0.29, 0.717) is 18.5 Å². The summed E-state index contributed by atoms with van der Waals surface area (Å²) in [6.45, 7) is 6.11. The molecule has 0 spiro atoms. The summed E-state index contributed by atoms with van der Waals surface area (Å²) in [6, 6.07) is 3.50. The molecule has 1 amide bonds. The molecule has 0 saturated carbocycles. The maximum atomic E-state index is 11.5. The molecular weight excluding hydrogens is 268 g/mol. The number of benzene rings is 1. The minimum Gasteiger partial charge on any atom is -0.506 e. The molecule has 2 atom stereocenters. The van der Waals surface area contributed by atoms with Crippen molar-refractivity contribution >= 4 is 11.6 Å². The van der Waals surface area contributed by atoms with Crippen LogP contribution >= 0.6 is 0 Å². The lowest BCUT2D eigenvalue weighted by Gasteiger charge is -2.29. The molecule has 0 radical (unpaired) electrons. The standard InChI is InChI=1S/C16H24N2O3/c1-4-12(17-9(2)3)16(21)11-5-7-13(19)15-10(11)6-8-14(20)18-15/h5,7,9,12,16-17,19,21H,4,6,8H2,1-3H3,(H,18,20)/t12-,16+/m1/s1. The molecule has 21 heavy (non-hydrogen) atoms. The number of carbonyl (C=O) groups excluding carboxylic acids is 1. The van der Waals surface area contributed by atoms with E-state index in [4.69, 9.17) is 0 Å². The van der Waals surface area contributed by atoms with Gasteiger partial charge in [0.25, 0.3) is 0 Å². The number of aliphatic hydroxyl groups is 1. The monoisotopic (exact) mass is 292 g/mol. The number of amides is 1. The lowest BCUT2D eigenvalue weighted by atomic mass is 9.90. The van der Waals surface area contributed by atoms with Gasteiger partial charge in [0.05, 0.1) is 11.8 Å². The van der Waals surface area contributed by atoms with Crippen molar-refractivity contribution < 1.29 is 15.0 Å². The number of aromatic hydroxyl groups is 1. The highest BCUT2D eigenvalue weighted by atomic mass is 16.3. The van der Waals surface area contributed by atoms with Crippen molar-refractivity contribution in [1.29, 1.82) is 0 Å². The highest BCUT2D eigenvalue weighted by Crippen LogP contribution is 2.37. The third kappa shape index (κ3) is 3.36. The molecule has 1 aromatic carbocycles. The van der Waals surface area contributed by atoms with Crippen LogP contribution in [0.3, 0.4) is 0 Å². The summed E-state index contributed by atoms with van der Waals surface area (Å²) >= 11 is 0. The zero-order valence-corrected chi connectivity index (χ0v) is 12.8. The van der Waals surface area contributed by atoms with E-state index >= 15 is 0 Å². The maximum absolute atomic E-state index is 11.5. The molecule has 0 aromatic heterocycles. The Labute approximate surface area is 125 Å². The smallest absolute Gasteiger partial charge is 0.224 e. The number of carbonyl (C=O) groups is 1. The summed E-state index contributed by atoms with van der Waals surface area (Å²) in [5.74, 6) is -0.0457. The minimum atomic E-state index is -0.665. The van der Waals surface area contributed by atoms with Crippen LogP contribution in [0.25, 0.3) is 0 Å². The van der Waals surface area contributed by atoms with Crippen molar-refractivity contribution in [2.75, 3.05) is 5.32 Å². The molecule has 1 heterocycles. The van der Waals surface area contributed by atoms with E-state index in [1.807, 2.05) is 20.8 Å². The average molecular weight is 292 g/mol. The Morgan fingerprint density at radius 3 is 2.67 bits per heavy atom. The number of hydrogen-bond acceptors (Lipinski definition) is 4. The molecule has 1 aromatic rings. The van der Waals surface area contributed by atoms with Gasteiger partial charge in [0, 0.05) is 18.5 Å². The van der Waals surface area contributed by atoms with Crippen LogP contribution in [0.1, 0.15) is 50.8 Å². The topological polar surface area (TPSA) is 81.6 Å². The fourth-order valence-corrected chi connectivity index (χ4v) is 2.86. The molecular formula is C16H24N2O3. The molecule has 0 aliphatic carbocycles. The summed E-state index contributed by atoms with van der Waals surface area (Å²) in [6.07, 6.45) is 1.05. The van der Waals surface area contributed by atoms with Crippen LogP contribution in [-0.4, -0.2) is 28.2 Å². The summed E-state index contributed by atoms with van der Waals surface area (Å²) < 4.78 is 0. The average Bonchev–Trinajstić information content (AvgIpc) is 2.45. The van der Waals surface area contributed by atoms with Crippen LogP contribution < -0.4 is 10.6 Å². The summed E-state index contributed by atoms with van der Waals surface area (Å²) in [5.41, 5.74) is 2.07. The lowest BCUT2D eigenvalue weighted by molar-refractivity contribution is -0.116. The van der Waals surface area contributed by atoms with Gasteiger partial charge in [-0.05, 0) is 30.0 Å². The first-order chi connectivity index (χ1) is 9.93. The Balaban J connectivity index is 2.35. The molecule has 0 unspecified atom stereocenters. The van der Waals surface area contributed by atoms with Crippen LogP contribution in [0.5, 0.6) is 5.75 Å². The minimum absolute atomic E-state index is 0.0545. The number of nitrogens with one attached hydrogen (secondary N) is 2. The predicted octanol–water partition coefficient (Wildman–Crippen LogP) is 2.09. The largest absolute Gasteiger partial charge is 0.506 e. The second-order valence-electron chi connectivity index (χ2n) is 5.86. The molecule has 1 aliphatic heterocycles. The Bertz CT molecular complexity index is 528. The number of rotatable bonds is 5. The van der Waals surface area contributed by atoms with Gasteiger partial charge >= 0.3 is 0 Å². The molecule has 5 nitrogen and oxygen atoms in total. The summed E-state index contributed by atoms with van der Waals surface area (Å²) in [7, 11) is 0. The van der Waals surface area contributed by atoms with E-state index in [1.54, 1.807) is 6.07 Å². The first-order valence-corrected chi connectivity index (χ1v) is 7.52. The normalized spacial score (nSPS) is 17.3. The highest BCUT2D eigenvalue weighted by molar-refractivity contribution is 5.96. The number of fused-ring (bicyclic) bond motifs is 1. The number of anilines is 1. The first-order valence-electron chi connectivity index (χ1n) is 7.52. The maximum Gasteiger partial charge on any atom is 0.224 e. The Morgan fingerprint density at radius 2 is 2.05 bits per heavy atom. The van der Waals surface area contributed by atoms with Crippen LogP contribution in [0.4, 0.5) is 5.69 Å². The van der Waals surface area contributed by atoms with Gasteiger partial charge in [-0.25, -0.2) is 0 Å². The SMILES string of the molecule is CC[C@@H](NC(C)C)[C@@H](O)c1ccc(O)c2c1CCC(=O)N2. The van der Waals surface area contributed by atoms with Gasteiger partial charge in [-0.2, -0.15) is 0 Å². The van der Waals surface area contributed by atoms with E-state index in [2.05, 4.69) is 10.6 Å². The van der Waals surface area contributed by atoms with Gasteiger partial charge in [0.1, 0.15) is 5.75 Å². The van der Waals surface area contributed by atoms with Gasteiger partial charge in [-0.15, -0.1) is 0 Å². The Kier molecular flexibility index (Phi) is 4.85. The summed E-state index contributed by atoms with van der Waals surface area (Å²) in [5, 5.41) is 26.7. The Morgan fingerprint density at radius 1 is 1.33 bits per heavy atom. The van der Waals surface area contributed by atoms with Crippen LogP contribution in [0.2, 0.25) is 0 Å². The number of aliphatic hydroxyl groups excluding tert-OH is 1. The van der Waals surface area contributed by atoms with Crippen molar-refractivity contribution in [3.63, 3.8) is 0 Å². The van der Waals surface area contributed by atoms with Crippen LogP contribution in [0, 0.1) is 0 Å². The second kappa shape index (κ2) is 6.45. The van der Waals surface area contributed by atoms with E-state index in [0.717, 1.165) is 17.5 Å². The fourth-order valence-electron chi connectivity index (χ4n) is 2.86. The van der Waals surface area contributed by atoms with Crippen molar-refractivity contribution in [1.82, 2.24) is 5.32 Å². The summed E-state index contributed by atoms with van der Waals surface area (Å²) in [4.78, 5) is 11.5. The van der Waals surface area contributed by atoms with Crippen molar-refractivity contribution in [3.05, 3.63) is 23.3 Å². The van der Waals surface area contributed by atoms with E-state index in [1.165, 1.54) is 6.07 Å². The number of phenols is 1. The molecule has 5 heteroatoms. The number of hydrogen-bond donors (Lipinski definition) is 4. The third-order valence-electron chi connectivity index (χ3n) is 3.88. The fraction of sp³-hybridized carbons (Fsp3) is 0.562. The van der Waals surface area contributed by atoms with E-state index < -0.39 is 6.10 Å².